The van der Waals surface area contributed by atoms with Crippen molar-refractivity contribution in [3.8, 4) is 0 Å². The van der Waals surface area contributed by atoms with Crippen molar-refractivity contribution < 1.29 is 17.8 Å². The Bertz CT molecular complexity index is 238. The summed E-state index contributed by atoms with van der Waals surface area (Å²) < 4.78 is 16.7. The van der Waals surface area contributed by atoms with Crippen LogP contribution in [-0.2, 0) is 17.8 Å². The van der Waals surface area contributed by atoms with Crippen LogP contribution in [0, 0.1) is 0 Å². The molecule has 0 rings (SSSR count). The Hall–Kier alpha value is 0.0406. The van der Waals surface area contributed by atoms with Gasteiger partial charge in [-0.25, -0.2) is 0 Å². The number of hydrogen-bond acceptors (Lipinski definition) is 4. The maximum Gasteiger partial charge on any atom is 0.302 e. The number of carbonyl (C=O) groups is 1. The predicted molar refractivity (Wildman–Crippen MR) is 77.6 cm³/mol. The molecular formula is C10H26O4Si3. The van der Waals surface area contributed by atoms with E-state index in [0.717, 1.165) is 12.5 Å². The second kappa shape index (κ2) is 7.47. The lowest BCUT2D eigenvalue weighted by Gasteiger charge is -2.26. The highest BCUT2D eigenvalue weighted by Crippen LogP contribution is 2.14. The highest BCUT2D eigenvalue weighted by molar-refractivity contribution is 6.77. The monoisotopic (exact) mass is 294 g/mol. The van der Waals surface area contributed by atoms with E-state index < -0.39 is 26.6 Å². The molecule has 0 heterocycles. The molecule has 0 aliphatic heterocycles. The zero-order valence-corrected chi connectivity index (χ0v) is 15.4. The van der Waals surface area contributed by atoms with E-state index in [0.29, 0.717) is 6.61 Å². The van der Waals surface area contributed by atoms with E-state index in [-0.39, 0.29) is 5.97 Å². The summed E-state index contributed by atoms with van der Waals surface area (Å²) in [5.74, 6) is -0.207. The van der Waals surface area contributed by atoms with E-state index in [4.69, 9.17) is 13.0 Å². The fraction of sp³-hybridized carbons (Fsp3) is 0.900. The number of carbonyl (C=O) groups excluding carboxylic acids is 1. The Morgan fingerprint density at radius 1 is 1.12 bits per heavy atom. The molecule has 0 unspecified atom stereocenters. The molecule has 0 spiro atoms. The molecule has 0 atom stereocenters. The van der Waals surface area contributed by atoms with Gasteiger partial charge in [-0.3, -0.25) is 4.79 Å². The van der Waals surface area contributed by atoms with Crippen LogP contribution in [-0.4, -0.2) is 39.2 Å². The molecule has 0 aromatic carbocycles. The van der Waals surface area contributed by atoms with Gasteiger partial charge in [0.05, 0.1) is 6.61 Å². The summed E-state index contributed by atoms with van der Waals surface area (Å²) in [7, 11) is -3.86. The molecule has 0 aliphatic rings. The summed E-state index contributed by atoms with van der Waals surface area (Å²) in [6.07, 6.45) is 0.889. The van der Waals surface area contributed by atoms with E-state index >= 15 is 0 Å². The first-order chi connectivity index (χ1) is 7.62. The van der Waals surface area contributed by atoms with Crippen LogP contribution in [0.5, 0.6) is 0 Å². The van der Waals surface area contributed by atoms with E-state index in [1.807, 2.05) is 0 Å². The standard InChI is InChI=1S/C10H26O4Si3/c1-10(11)12-8-7-9-17(5,6)14-15-13-16(2,3)4/h7-9,15H2,1-6H3. The third-order valence-corrected chi connectivity index (χ3v) is 11.3. The molecule has 102 valence electrons. The molecule has 0 aromatic heterocycles. The van der Waals surface area contributed by atoms with Gasteiger partial charge in [-0.05, 0) is 45.2 Å². The van der Waals surface area contributed by atoms with E-state index in [1.165, 1.54) is 6.92 Å². The molecule has 0 bridgehead atoms. The molecule has 0 aliphatic carbocycles. The van der Waals surface area contributed by atoms with Crippen LogP contribution in [0.4, 0.5) is 0 Å². The minimum absolute atomic E-state index is 0.207. The third-order valence-electron chi connectivity index (χ3n) is 2.17. The van der Waals surface area contributed by atoms with Crippen LogP contribution in [0.2, 0.25) is 38.8 Å². The van der Waals surface area contributed by atoms with E-state index in [9.17, 15) is 4.79 Å². The lowest BCUT2D eigenvalue weighted by molar-refractivity contribution is -0.140. The predicted octanol–water partition coefficient (Wildman–Crippen LogP) is 2.01. The van der Waals surface area contributed by atoms with Gasteiger partial charge in [-0.15, -0.1) is 0 Å². The minimum Gasteiger partial charge on any atom is -0.466 e. The van der Waals surface area contributed by atoms with Crippen molar-refractivity contribution in [2.24, 2.45) is 0 Å². The molecule has 0 N–H and O–H groups in total. The van der Waals surface area contributed by atoms with Crippen molar-refractivity contribution in [2.75, 3.05) is 6.61 Å². The second-order valence-corrected chi connectivity index (χ2v) is 16.5. The smallest absolute Gasteiger partial charge is 0.302 e. The maximum absolute atomic E-state index is 10.6. The fourth-order valence-electron chi connectivity index (χ4n) is 1.15. The Balaban J connectivity index is 3.69. The third kappa shape index (κ3) is 12.3. The topological polar surface area (TPSA) is 44.8 Å². The van der Waals surface area contributed by atoms with Gasteiger partial charge in [0.25, 0.3) is 10.0 Å². The Kier molecular flexibility index (Phi) is 7.49. The van der Waals surface area contributed by atoms with E-state index in [2.05, 4.69) is 32.7 Å². The van der Waals surface area contributed by atoms with Gasteiger partial charge in [-0.1, -0.05) is 0 Å². The normalized spacial score (nSPS) is 13.3. The van der Waals surface area contributed by atoms with Crippen LogP contribution in [0.25, 0.3) is 0 Å². The Morgan fingerprint density at radius 2 is 1.71 bits per heavy atom. The zero-order valence-electron chi connectivity index (χ0n) is 12.0. The molecule has 4 nitrogen and oxygen atoms in total. The maximum atomic E-state index is 10.6. The summed E-state index contributed by atoms with van der Waals surface area (Å²) in [5, 5.41) is 0. The molecule has 0 amide bonds. The molecule has 0 saturated carbocycles. The highest BCUT2D eigenvalue weighted by atomic mass is 28.4. The van der Waals surface area contributed by atoms with Crippen molar-refractivity contribution in [1.82, 2.24) is 0 Å². The van der Waals surface area contributed by atoms with Crippen molar-refractivity contribution in [2.45, 2.75) is 52.1 Å². The van der Waals surface area contributed by atoms with Gasteiger partial charge in [-0.2, -0.15) is 0 Å². The minimum atomic E-state index is -1.61. The first-order valence-corrected chi connectivity index (χ1v) is 13.7. The molecule has 17 heavy (non-hydrogen) atoms. The molecule has 7 heteroatoms. The van der Waals surface area contributed by atoms with Crippen LogP contribution < -0.4 is 0 Å². The van der Waals surface area contributed by atoms with E-state index in [1.54, 1.807) is 0 Å². The van der Waals surface area contributed by atoms with Gasteiger partial charge >= 0.3 is 5.97 Å². The first kappa shape index (κ1) is 17.0. The summed E-state index contributed by atoms with van der Waals surface area (Å²) >= 11 is 0. The highest BCUT2D eigenvalue weighted by Gasteiger charge is 2.23. The Morgan fingerprint density at radius 3 is 2.18 bits per heavy atom. The van der Waals surface area contributed by atoms with Crippen molar-refractivity contribution in [3.05, 3.63) is 0 Å². The van der Waals surface area contributed by atoms with Crippen molar-refractivity contribution in [3.63, 3.8) is 0 Å². The average molecular weight is 295 g/mol. The largest absolute Gasteiger partial charge is 0.466 e. The van der Waals surface area contributed by atoms with Crippen LogP contribution >= 0.6 is 0 Å². The molecule has 0 saturated heterocycles. The second-order valence-electron chi connectivity index (χ2n) is 5.72. The van der Waals surface area contributed by atoms with Crippen molar-refractivity contribution >= 4 is 32.6 Å². The van der Waals surface area contributed by atoms with Gasteiger partial charge < -0.3 is 13.0 Å². The summed E-state index contributed by atoms with van der Waals surface area (Å²) in [4.78, 5) is 10.6. The number of ether oxygens (including phenoxy) is 1. The first-order valence-electron chi connectivity index (χ1n) is 6.04. The summed E-state index contributed by atoms with van der Waals surface area (Å²) in [5.41, 5.74) is 0. The van der Waals surface area contributed by atoms with Crippen LogP contribution in [0.15, 0.2) is 0 Å². The lowest BCUT2D eigenvalue weighted by Crippen LogP contribution is -2.37. The number of rotatable bonds is 8. The molecule has 0 radical (unpaired) electrons. The van der Waals surface area contributed by atoms with Gasteiger partial charge in [0.1, 0.15) is 0 Å². The Labute approximate surface area is 109 Å². The van der Waals surface area contributed by atoms with Crippen molar-refractivity contribution in [1.29, 1.82) is 0 Å². The average Bonchev–Trinajstić information content (AvgIpc) is 2.09. The zero-order chi connectivity index (χ0) is 13.5. The SMILES string of the molecule is CC(=O)OCCC[Si](C)(C)O[SiH2]O[Si](C)(C)C. The van der Waals surface area contributed by atoms with Gasteiger partial charge in [0.15, 0.2) is 16.6 Å². The lowest BCUT2D eigenvalue weighted by atomic mass is 10.5. The fourth-order valence-corrected chi connectivity index (χ4v) is 6.18. The number of hydrogen-bond donors (Lipinski definition) is 0. The van der Waals surface area contributed by atoms with Gasteiger partial charge in [0.2, 0.25) is 0 Å². The van der Waals surface area contributed by atoms with Crippen LogP contribution in [0.3, 0.4) is 0 Å². The molecule has 0 aromatic rings. The summed E-state index contributed by atoms with van der Waals surface area (Å²) in [6.45, 7) is 12.9. The van der Waals surface area contributed by atoms with Crippen LogP contribution in [0.1, 0.15) is 13.3 Å². The molecule has 0 fully saturated rings. The molecular weight excluding hydrogens is 268 g/mol. The quantitative estimate of drug-likeness (QED) is 0.390. The summed E-state index contributed by atoms with van der Waals surface area (Å²) in [6, 6.07) is 1.02. The number of esters is 1. The van der Waals surface area contributed by atoms with Gasteiger partial charge in [0, 0.05) is 6.92 Å².